The maximum Gasteiger partial charge on any atom is 0.0648 e. The second-order valence-electron chi connectivity index (χ2n) is 13.2. The van der Waals surface area contributed by atoms with Gasteiger partial charge < -0.3 is 4.90 Å². The van der Waals surface area contributed by atoms with E-state index in [1.54, 1.807) is 12.1 Å². The van der Waals surface area contributed by atoms with Crippen molar-refractivity contribution >= 4 is 27.8 Å². The van der Waals surface area contributed by atoms with Gasteiger partial charge in [0.25, 0.3) is 0 Å². The predicted molar refractivity (Wildman–Crippen MR) is 238 cm³/mol. The summed E-state index contributed by atoms with van der Waals surface area (Å²) in [6.07, 6.45) is 0. The smallest absolute Gasteiger partial charge is 0.0648 e. The van der Waals surface area contributed by atoms with Crippen LogP contribution in [0.5, 0.6) is 0 Å². The second kappa shape index (κ2) is 13.7. The van der Waals surface area contributed by atoms with E-state index in [0.717, 1.165) is 43.5 Å². The lowest BCUT2D eigenvalue weighted by Crippen LogP contribution is -2.16. The fourth-order valence-electron chi connectivity index (χ4n) is 7.24. The summed E-state index contributed by atoms with van der Waals surface area (Å²) in [5.74, 6) is 0. The van der Waals surface area contributed by atoms with Crippen LogP contribution in [0, 0.1) is 0 Å². The molecule has 0 atom stereocenters. The summed E-state index contributed by atoms with van der Waals surface area (Å²) in [5, 5.41) is 1.82. The lowest BCUT2D eigenvalue weighted by Gasteiger charge is -2.28. The molecule has 0 N–H and O–H groups in total. The summed E-state index contributed by atoms with van der Waals surface area (Å²) >= 11 is 0. The lowest BCUT2D eigenvalue weighted by atomic mass is 9.82. The molecule has 0 spiro atoms. The Bertz CT molecular complexity index is 3930. The number of fused-ring (bicyclic) bond motifs is 4. The van der Waals surface area contributed by atoms with Crippen LogP contribution in [0.1, 0.15) is 55.0 Å². The van der Waals surface area contributed by atoms with Crippen LogP contribution in [0.4, 0.5) is 17.1 Å². The van der Waals surface area contributed by atoms with Crippen molar-refractivity contribution in [3.05, 3.63) is 223 Å². The number of hydrogen-bond donors (Lipinski definition) is 0. The standard InChI is InChI=1S/C55H41N/c1-55(2)52-20-12-11-19-50(52)51-36-34-47(37-53(51)55)56(45-30-25-41(26-31-45)39-15-7-4-8-16-39)46-32-27-43(28-33-46)49-35-29-42-17-9-10-18-48(42)54(49)44-23-21-40(22-24-44)38-13-5-3-6-14-38/h3-37H,1-2H3/i1D3,2D3,4D,7D,8D,11D,12D,15D,16D,19D,20D,25D,26D,30D,31D,34D,36D,37D. The molecule has 56 heavy (non-hydrogen) atoms. The first-order valence-corrected chi connectivity index (χ1v) is 17.7. The van der Waals surface area contributed by atoms with Gasteiger partial charge in [-0.1, -0.05) is 189 Å². The Morgan fingerprint density at radius 1 is 0.411 bits per heavy atom. The van der Waals surface area contributed by atoms with Gasteiger partial charge in [-0.3, -0.25) is 0 Å². The van der Waals surface area contributed by atoms with Crippen molar-refractivity contribution in [2.45, 2.75) is 19.1 Å². The van der Waals surface area contributed by atoms with E-state index in [1.807, 2.05) is 91.0 Å². The molecule has 9 aromatic rings. The van der Waals surface area contributed by atoms with Crippen LogP contribution in [0.3, 0.4) is 0 Å². The largest absolute Gasteiger partial charge is 0.310 e. The summed E-state index contributed by atoms with van der Waals surface area (Å²) < 4.78 is 198. The van der Waals surface area contributed by atoms with Gasteiger partial charge in [0.15, 0.2) is 0 Å². The molecule has 9 aromatic carbocycles. The second-order valence-corrected chi connectivity index (χ2v) is 13.2. The Hall–Kier alpha value is -6.96. The molecule has 0 aliphatic heterocycles. The van der Waals surface area contributed by atoms with Gasteiger partial charge in [0.1, 0.15) is 0 Å². The fraction of sp³-hybridized carbons (Fsp3) is 0.0545. The average molecular weight is 738 g/mol. The van der Waals surface area contributed by atoms with Gasteiger partial charge in [-0.15, -0.1) is 0 Å². The van der Waals surface area contributed by atoms with Crippen molar-refractivity contribution < 1.29 is 30.2 Å². The van der Waals surface area contributed by atoms with E-state index >= 15 is 0 Å². The molecule has 10 rings (SSSR count). The van der Waals surface area contributed by atoms with Gasteiger partial charge in [0, 0.05) is 30.7 Å². The van der Waals surface area contributed by atoms with Crippen LogP contribution in [0.25, 0.3) is 66.4 Å². The van der Waals surface area contributed by atoms with Crippen molar-refractivity contribution in [2.75, 3.05) is 4.90 Å². The normalized spacial score (nSPS) is 18.6. The minimum absolute atomic E-state index is 0.140. The molecule has 0 aromatic heterocycles. The van der Waals surface area contributed by atoms with Gasteiger partial charge in [-0.2, -0.15) is 0 Å². The number of rotatable bonds is 7. The van der Waals surface area contributed by atoms with Crippen LogP contribution in [-0.4, -0.2) is 0 Å². The Morgan fingerprint density at radius 3 is 1.82 bits per heavy atom. The summed E-state index contributed by atoms with van der Waals surface area (Å²) in [7, 11) is 0. The van der Waals surface area contributed by atoms with E-state index in [1.165, 1.54) is 12.1 Å². The molecule has 0 bridgehead atoms. The maximum absolute atomic E-state index is 10.0. The Morgan fingerprint density at radius 2 is 1.04 bits per heavy atom. The highest BCUT2D eigenvalue weighted by Crippen LogP contribution is 2.51. The molecule has 0 fully saturated rings. The van der Waals surface area contributed by atoms with Crippen molar-refractivity contribution in [3.8, 4) is 55.6 Å². The zero-order valence-electron chi connectivity index (χ0n) is 51.4. The third-order valence-electron chi connectivity index (χ3n) is 9.94. The van der Waals surface area contributed by atoms with Crippen LogP contribution in [-0.2, 0) is 5.41 Å². The first-order chi connectivity index (χ1) is 36.7. The van der Waals surface area contributed by atoms with Gasteiger partial charge in [0.05, 0.1) is 21.9 Å². The van der Waals surface area contributed by atoms with Crippen molar-refractivity contribution in [1.82, 2.24) is 0 Å². The Kier molecular flexibility index (Phi) is 4.33. The van der Waals surface area contributed by atoms with Gasteiger partial charge in [0.2, 0.25) is 0 Å². The molecule has 0 unspecified atom stereocenters. The lowest BCUT2D eigenvalue weighted by molar-refractivity contribution is 0.660. The third kappa shape index (κ3) is 5.81. The first kappa shape index (κ1) is 17.7. The molecular formula is C55H41N. The van der Waals surface area contributed by atoms with Crippen molar-refractivity contribution in [1.29, 1.82) is 0 Å². The maximum atomic E-state index is 10.0. The molecular weight excluding hydrogens is 675 g/mol. The van der Waals surface area contributed by atoms with Gasteiger partial charge in [-0.05, 0) is 114 Å². The average Bonchev–Trinajstić information content (AvgIpc) is 3.48. The molecule has 1 heteroatoms. The highest BCUT2D eigenvalue weighted by Gasteiger charge is 2.35. The van der Waals surface area contributed by atoms with E-state index in [2.05, 4.69) is 0 Å². The highest BCUT2D eigenvalue weighted by molar-refractivity contribution is 6.04. The molecule has 0 saturated carbocycles. The zero-order valence-corrected chi connectivity index (χ0v) is 29.4. The zero-order chi connectivity index (χ0) is 56.6. The summed E-state index contributed by atoms with van der Waals surface area (Å²) in [6, 6.07) is 20.6. The Balaban J connectivity index is 1.28. The minimum atomic E-state index is -3.78. The molecule has 0 saturated heterocycles. The van der Waals surface area contributed by atoms with E-state index < -0.39 is 161 Å². The quantitative estimate of drug-likeness (QED) is 0.157. The van der Waals surface area contributed by atoms with Gasteiger partial charge >= 0.3 is 0 Å². The monoisotopic (exact) mass is 737 g/mol. The number of nitrogens with zero attached hydrogens (tertiary/aromatic N) is 1. The van der Waals surface area contributed by atoms with E-state index in [4.69, 9.17) is 20.6 Å². The van der Waals surface area contributed by atoms with Crippen molar-refractivity contribution in [2.24, 2.45) is 0 Å². The van der Waals surface area contributed by atoms with E-state index in [9.17, 15) is 9.60 Å². The van der Waals surface area contributed by atoms with E-state index in [0.29, 0.717) is 5.56 Å². The number of hydrogen-bond acceptors (Lipinski definition) is 1. The molecule has 0 radical (unpaired) electrons. The topological polar surface area (TPSA) is 3.24 Å². The minimum Gasteiger partial charge on any atom is -0.310 e. The van der Waals surface area contributed by atoms with Crippen molar-refractivity contribution in [3.63, 3.8) is 0 Å². The first-order valence-electron chi connectivity index (χ1n) is 28.7. The van der Waals surface area contributed by atoms with E-state index in [-0.39, 0.29) is 5.69 Å². The number of benzene rings is 9. The molecule has 0 amide bonds. The Labute approximate surface area is 360 Å². The predicted octanol–water partition coefficient (Wildman–Crippen LogP) is 15.3. The molecule has 1 aliphatic carbocycles. The van der Waals surface area contributed by atoms with Crippen LogP contribution >= 0.6 is 0 Å². The molecule has 266 valence electrons. The fourth-order valence-corrected chi connectivity index (χ4v) is 7.24. The van der Waals surface area contributed by atoms with Gasteiger partial charge in [-0.25, -0.2) is 0 Å². The molecule has 0 heterocycles. The summed E-state index contributed by atoms with van der Waals surface area (Å²) in [4.78, 5) is 0.866. The summed E-state index contributed by atoms with van der Waals surface area (Å²) in [6.45, 7) is -7.55. The van der Waals surface area contributed by atoms with Crippen LogP contribution in [0.15, 0.2) is 212 Å². The highest BCUT2D eigenvalue weighted by atomic mass is 15.1. The molecule has 1 nitrogen and oxygen atoms in total. The summed E-state index contributed by atoms with van der Waals surface area (Å²) in [5.41, 5.74) is -5.02. The number of anilines is 3. The molecule has 1 aliphatic rings. The van der Waals surface area contributed by atoms with Crippen LogP contribution < -0.4 is 4.90 Å². The third-order valence-corrected chi connectivity index (χ3v) is 9.94. The van der Waals surface area contributed by atoms with Crippen LogP contribution in [0.2, 0.25) is 0 Å². The SMILES string of the molecule is [2H]c1c([2H])c([2H])c(-c2c([2H])c([2H])c(N(c3ccc(-c4ccc5ccccc5c4-c4ccc(-c5ccccc5)cc4)cc3)c3c([2H])c([2H])c4c(c3[2H])C(C([2H])([2H])[2H])(C([2H])([2H])[2H])c3c([2H])c([2H])c([2H])c([2H])c3-4)c([2H])c2[2H])c([2H])c1[2H].